The van der Waals surface area contributed by atoms with Crippen molar-refractivity contribution in [2.75, 3.05) is 32.7 Å². The third kappa shape index (κ3) is 5.35. The molecule has 2 rings (SSSR count). The first-order chi connectivity index (χ1) is 10.8. The molecule has 138 valence electrons. The van der Waals surface area contributed by atoms with Gasteiger partial charge in [0.2, 0.25) is 0 Å². The Morgan fingerprint density at radius 2 is 2.00 bits per heavy atom. The Hall–Kier alpha value is -1.32. The van der Waals surface area contributed by atoms with Crippen molar-refractivity contribution in [2.45, 2.75) is 32.0 Å². The lowest BCUT2D eigenvalue weighted by molar-refractivity contribution is -0.183. The molecule has 10 heteroatoms. The highest BCUT2D eigenvalue weighted by atomic mass is 35.5. The van der Waals surface area contributed by atoms with Crippen LogP contribution in [0.2, 0.25) is 0 Å². The minimum atomic E-state index is -4.39. The van der Waals surface area contributed by atoms with Crippen LogP contribution in [0.3, 0.4) is 0 Å². The first-order valence-corrected chi connectivity index (χ1v) is 7.64. The number of aromatic nitrogens is 2. The van der Waals surface area contributed by atoms with Crippen molar-refractivity contribution in [1.29, 1.82) is 0 Å². The van der Waals surface area contributed by atoms with Crippen LogP contribution in [-0.2, 0) is 0 Å². The molecule has 0 aromatic carbocycles. The molecule has 1 aromatic rings. The number of carbonyl (C=O) groups excluding carboxylic acids is 1. The predicted molar refractivity (Wildman–Crippen MR) is 86.5 cm³/mol. The summed E-state index contributed by atoms with van der Waals surface area (Å²) >= 11 is 0. The van der Waals surface area contributed by atoms with E-state index in [1.54, 1.807) is 6.07 Å². The lowest BCUT2D eigenvalue weighted by Gasteiger charge is -2.35. The van der Waals surface area contributed by atoms with Gasteiger partial charge in [0.25, 0.3) is 5.91 Å². The maximum absolute atomic E-state index is 13.2. The zero-order valence-corrected chi connectivity index (χ0v) is 14.4. The summed E-state index contributed by atoms with van der Waals surface area (Å²) in [5, 5.41) is 11.9. The van der Waals surface area contributed by atoms with E-state index in [0.717, 1.165) is 5.69 Å². The van der Waals surface area contributed by atoms with Crippen molar-refractivity contribution in [1.82, 2.24) is 25.7 Å². The molecule has 1 aromatic heterocycles. The van der Waals surface area contributed by atoms with Crippen LogP contribution in [0, 0.1) is 0 Å². The molecular formula is C14H23ClF3N5O. The molecule has 1 unspecified atom stereocenters. The van der Waals surface area contributed by atoms with Gasteiger partial charge < -0.3 is 10.6 Å². The molecule has 1 fully saturated rings. The Bertz CT molecular complexity index is 529. The molecule has 1 aliphatic rings. The van der Waals surface area contributed by atoms with E-state index in [1.165, 1.54) is 4.90 Å². The van der Waals surface area contributed by atoms with Crippen LogP contribution in [0.4, 0.5) is 13.2 Å². The van der Waals surface area contributed by atoms with Gasteiger partial charge in [-0.3, -0.25) is 14.8 Å². The van der Waals surface area contributed by atoms with E-state index < -0.39 is 24.7 Å². The number of nitrogens with zero attached hydrogens (tertiary/aromatic N) is 2. The van der Waals surface area contributed by atoms with Crippen LogP contribution in [0.5, 0.6) is 0 Å². The van der Waals surface area contributed by atoms with Crippen molar-refractivity contribution >= 4 is 18.3 Å². The minimum Gasteiger partial charge on any atom is -0.349 e. The molecule has 0 spiro atoms. The molecule has 0 saturated carbocycles. The summed E-state index contributed by atoms with van der Waals surface area (Å²) in [4.78, 5) is 13.4. The van der Waals surface area contributed by atoms with Crippen LogP contribution >= 0.6 is 12.4 Å². The molecule has 0 radical (unpaired) electrons. The summed E-state index contributed by atoms with van der Waals surface area (Å²) in [7, 11) is 0. The van der Waals surface area contributed by atoms with Crippen molar-refractivity contribution in [2.24, 2.45) is 0 Å². The van der Waals surface area contributed by atoms with Crippen molar-refractivity contribution < 1.29 is 18.0 Å². The first kappa shape index (κ1) is 20.7. The summed E-state index contributed by atoms with van der Waals surface area (Å²) in [5.74, 6) is -0.439. The van der Waals surface area contributed by atoms with Gasteiger partial charge in [-0.2, -0.15) is 18.3 Å². The number of nitrogens with one attached hydrogen (secondary N) is 3. The molecule has 3 N–H and O–H groups in total. The number of piperazine rings is 1. The summed E-state index contributed by atoms with van der Waals surface area (Å²) in [6, 6.07) is -0.120. The van der Waals surface area contributed by atoms with Crippen LogP contribution in [0.1, 0.15) is 35.9 Å². The van der Waals surface area contributed by atoms with E-state index in [-0.39, 0.29) is 24.0 Å². The monoisotopic (exact) mass is 369 g/mol. The number of aromatic amines is 1. The Kier molecular flexibility index (Phi) is 7.50. The Balaban J connectivity index is 0.00000288. The molecule has 0 bridgehead atoms. The average molecular weight is 370 g/mol. The Morgan fingerprint density at radius 1 is 1.38 bits per heavy atom. The lowest BCUT2D eigenvalue weighted by Crippen LogP contribution is -2.57. The van der Waals surface area contributed by atoms with Crippen LogP contribution < -0.4 is 10.6 Å². The van der Waals surface area contributed by atoms with Gasteiger partial charge >= 0.3 is 6.18 Å². The SMILES string of the molecule is CC(C)c1cc(C(=O)NCC(N2CCNCC2)C(F)(F)F)n[nH]1.Cl. The standard InChI is InChI=1S/C14H22F3N5O.ClH/c1-9(2)10-7-11(21-20-10)13(23)19-8-12(14(15,16)17)22-5-3-18-4-6-22;/h7,9,12,18H,3-6,8H2,1-2H3,(H,19,23)(H,20,21);1H. The summed E-state index contributed by atoms with van der Waals surface area (Å²) in [6.45, 7) is 5.01. The highest BCUT2D eigenvalue weighted by molar-refractivity contribution is 5.92. The van der Waals surface area contributed by atoms with Gasteiger partial charge in [-0.15, -0.1) is 12.4 Å². The largest absolute Gasteiger partial charge is 0.405 e. The molecule has 1 atom stereocenters. The summed E-state index contributed by atoms with van der Waals surface area (Å²) in [6.07, 6.45) is -4.39. The van der Waals surface area contributed by atoms with Gasteiger partial charge in [-0.1, -0.05) is 13.8 Å². The maximum atomic E-state index is 13.2. The van der Waals surface area contributed by atoms with E-state index in [1.807, 2.05) is 13.8 Å². The van der Waals surface area contributed by atoms with Crippen LogP contribution in [0.15, 0.2) is 6.07 Å². The number of amides is 1. The maximum Gasteiger partial charge on any atom is 0.405 e. The lowest BCUT2D eigenvalue weighted by atomic mass is 10.1. The van der Waals surface area contributed by atoms with E-state index in [0.29, 0.717) is 26.2 Å². The van der Waals surface area contributed by atoms with Gasteiger partial charge in [-0.25, -0.2) is 0 Å². The predicted octanol–water partition coefficient (Wildman–Crippen LogP) is 1.52. The van der Waals surface area contributed by atoms with Crippen LogP contribution in [-0.4, -0.2) is 65.9 Å². The zero-order valence-electron chi connectivity index (χ0n) is 13.6. The minimum absolute atomic E-state index is 0. The molecule has 1 aliphatic heterocycles. The van der Waals surface area contributed by atoms with Gasteiger partial charge in [0.05, 0.1) is 0 Å². The molecule has 2 heterocycles. The number of carbonyl (C=O) groups is 1. The molecule has 0 aliphatic carbocycles. The molecule has 1 saturated heterocycles. The fraction of sp³-hybridized carbons (Fsp3) is 0.714. The quantitative estimate of drug-likeness (QED) is 0.736. The summed E-state index contributed by atoms with van der Waals surface area (Å²) < 4.78 is 39.7. The fourth-order valence-corrected chi connectivity index (χ4v) is 2.47. The van der Waals surface area contributed by atoms with Crippen LogP contribution in [0.25, 0.3) is 0 Å². The van der Waals surface area contributed by atoms with Gasteiger partial charge in [0, 0.05) is 38.4 Å². The smallest absolute Gasteiger partial charge is 0.349 e. The number of hydrogen-bond donors (Lipinski definition) is 3. The second kappa shape index (κ2) is 8.68. The van der Waals surface area contributed by atoms with Gasteiger partial charge in [-0.05, 0) is 12.0 Å². The number of rotatable bonds is 5. The number of halogens is 4. The highest BCUT2D eigenvalue weighted by Gasteiger charge is 2.43. The number of hydrogen-bond acceptors (Lipinski definition) is 4. The third-order valence-corrected chi connectivity index (χ3v) is 3.88. The van der Waals surface area contributed by atoms with E-state index in [9.17, 15) is 18.0 Å². The first-order valence-electron chi connectivity index (χ1n) is 7.64. The third-order valence-electron chi connectivity index (χ3n) is 3.88. The Morgan fingerprint density at radius 3 is 2.50 bits per heavy atom. The topological polar surface area (TPSA) is 73.1 Å². The van der Waals surface area contributed by atoms with Crippen molar-refractivity contribution in [3.63, 3.8) is 0 Å². The van der Waals surface area contributed by atoms with Crippen molar-refractivity contribution in [3.05, 3.63) is 17.5 Å². The average Bonchev–Trinajstić information content (AvgIpc) is 2.97. The second-order valence-corrected chi connectivity index (χ2v) is 5.92. The van der Waals surface area contributed by atoms with E-state index in [4.69, 9.17) is 0 Å². The molecular weight excluding hydrogens is 347 g/mol. The van der Waals surface area contributed by atoms with E-state index >= 15 is 0 Å². The van der Waals surface area contributed by atoms with Gasteiger partial charge in [0.15, 0.2) is 0 Å². The molecule has 6 nitrogen and oxygen atoms in total. The Labute approximate surface area is 145 Å². The fourth-order valence-electron chi connectivity index (χ4n) is 2.47. The number of alkyl halides is 3. The summed E-state index contributed by atoms with van der Waals surface area (Å²) in [5.41, 5.74) is 0.875. The second-order valence-electron chi connectivity index (χ2n) is 5.92. The molecule has 1 amide bonds. The number of H-pyrrole nitrogens is 1. The zero-order chi connectivity index (χ0) is 17.0. The normalized spacial score (nSPS) is 17.4. The van der Waals surface area contributed by atoms with E-state index in [2.05, 4.69) is 20.8 Å². The van der Waals surface area contributed by atoms with Gasteiger partial charge in [0.1, 0.15) is 11.7 Å². The van der Waals surface area contributed by atoms with Crippen molar-refractivity contribution in [3.8, 4) is 0 Å². The highest BCUT2D eigenvalue weighted by Crippen LogP contribution is 2.24. The molecule has 24 heavy (non-hydrogen) atoms.